The zero-order valence-electron chi connectivity index (χ0n) is 7.85. The molecule has 1 aromatic heterocycles. The number of nitrogen functional groups attached to an aromatic ring is 1. The minimum absolute atomic E-state index is 0.169. The number of nitrogens with zero attached hydrogens (tertiary/aromatic N) is 3. The maximum absolute atomic E-state index is 12.6. The number of nitrogens with two attached hydrogens (primary N) is 1. The van der Waals surface area contributed by atoms with Crippen LogP contribution in [0.2, 0.25) is 0 Å². The number of aromatic nitrogens is 1. The molecule has 0 bridgehead atoms. The van der Waals surface area contributed by atoms with Gasteiger partial charge in [0.1, 0.15) is 11.4 Å². The number of halogens is 2. The lowest BCUT2D eigenvalue weighted by atomic mass is 10.1. The van der Waals surface area contributed by atoms with Gasteiger partial charge in [-0.2, -0.15) is 5.26 Å². The number of hydrogen-bond donors (Lipinski definition) is 1. The van der Waals surface area contributed by atoms with Crippen LogP contribution in [0.15, 0.2) is 6.20 Å². The van der Waals surface area contributed by atoms with E-state index in [1.54, 1.807) is 6.07 Å². The van der Waals surface area contributed by atoms with Crippen molar-refractivity contribution in [3.8, 4) is 6.07 Å². The summed E-state index contributed by atoms with van der Waals surface area (Å²) in [5.41, 5.74) is 3.22. The average molecular weight is 228 g/mol. The third-order valence-electron chi connectivity index (χ3n) is 1.87. The highest BCUT2D eigenvalue weighted by atomic mass is 19.3. The van der Waals surface area contributed by atoms with Crippen LogP contribution in [0, 0.1) is 21.4 Å². The summed E-state index contributed by atoms with van der Waals surface area (Å²) in [7, 11) is 0. The van der Waals surface area contributed by atoms with E-state index < -0.39 is 28.4 Å². The van der Waals surface area contributed by atoms with E-state index in [9.17, 15) is 18.9 Å². The van der Waals surface area contributed by atoms with Crippen LogP contribution in [0.1, 0.15) is 17.6 Å². The third kappa shape index (κ3) is 2.03. The largest absolute Gasteiger partial charge is 0.383 e. The normalized spacial score (nSPS) is 10.1. The average Bonchev–Trinajstić information content (AvgIpc) is 2.19. The van der Waals surface area contributed by atoms with Gasteiger partial charge in [-0.3, -0.25) is 10.1 Å². The van der Waals surface area contributed by atoms with E-state index in [0.29, 0.717) is 0 Å². The van der Waals surface area contributed by atoms with Gasteiger partial charge in [-0.15, -0.1) is 0 Å². The van der Waals surface area contributed by atoms with Crippen molar-refractivity contribution in [1.82, 2.24) is 4.98 Å². The molecule has 0 spiro atoms. The Bertz CT molecular complexity index is 470. The van der Waals surface area contributed by atoms with Gasteiger partial charge >= 0.3 is 0 Å². The Hall–Kier alpha value is -2.30. The summed E-state index contributed by atoms with van der Waals surface area (Å²) in [6.07, 6.45) is -2.52. The lowest BCUT2D eigenvalue weighted by Crippen LogP contribution is -2.06. The summed E-state index contributed by atoms with van der Waals surface area (Å²) in [5.74, 6) is -0.594. The van der Waals surface area contributed by atoms with Crippen molar-refractivity contribution in [2.75, 3.05) is 5.73 Å². The van der Waals surface area contributed by atoms with Gasteiger partial charge in [0.15, 0.2) is 0 Å². The molecule has 6 nitrogen and oxygen atoms in total. The topological polar surface area (TPSA) is 106 Å². The van der Waals surface area contributed by atoms with E-state index in [4.69, 9.17) is 11.0 Å². The van der Waals surface area contributed by atoms with Crippen molar-refractivity contribution in [2.45, 2.75) is 12.8 Å². The monoisotopic (exact) mass is 228 g/mol. The first kappa shape index (κ1) is 11.8. The Kier molecular flexibility index (Phi) is 3.30. The summed E-state index contributed by atoms with van der Waals surface area (Å²) < 4.78 is 25.1. The second-order valence-corrected chi connectivity index (χ2v) is 2.82. The lowest BCUT2D eigenvalue weighted by Gasteiger charge is -2.07. The van der Waals surface area contributed by atoms with Crippen LogP contribution >= 0.6 is 0 Å². The summed E-state index contributed by atoms with van der Waals surface area (Å²) in [6.45, 7) is 0. The fourth-order valence-electron chi connectivity index (χ4n) is 1.22. The molecule has 16 heavy (non-hydrogen) atoms. The Morgan fingerprint density at radius 1 is 1.69 bits per heavy atom. The second-order valence-electron chi connectivity index (χ2n) is 2.82. The van der Waals surface area contributed by atoms with Gasteiger partial charge in [-0.05, 0) is 0 Å². The van der Waals surface area contributed by atoms with E-state index in [-0.39, 0.29) is 12.0 Å². The van der Waals surface area contributed by atoms with Crippen LogP contribution in [0.4, 0.5) is 20.3 Å². The number of nitriles is 1. The molecule has 8 heteroatoms. The molecule has 0 aliphatic rings. The molecule has 0 aromatic carbocycles. The van der Waals surface area contributed by atoms with Gasteiger partial charge in [0, 0.05) is 6.20 Å². The van der Waals surface area contributed by atoms with Gasteiger partial charge in [-0.1, -0.05) is 0 Å². The predicted molar refractivity (Wildman–Crippen MR) is 49.6 cm³/mol. The molecule has 0 amide bonds. The molecule has 0 aliphatic carbocycles. The van der Waals surface area contributed by atoms with E-state index in [2.05, 4.69) is 4.98 Å². The van der Waals surface area contributed by atoms with Gasteiger partial charge in [0.25, 0.3) is 12.1 Å². The Morgan fingerprint density at radius 3 is 2.75 bits per heavy atom. The van der Waals surface area contributed by atoms with E-state index in [1.807, 2.05) is 0 Å². The highest BCUT2D eigenvalue weighted by Crippen LogP contribution is 2.35. The van der Waals surface area contributed by atoms with Crippen molar-refractivity contribution < 1.29 is 13.7 Å². The highest BCUT2D eigenvalue weighted by molar-refractivity contribution is 5.58. The standard InChI is InChI=1S/C8H6F2N4O2/c9-7(10)5-6(14(15)16)4(1-2-11)3-13-8(5)12/h3,7H,1H2,(H2,12,13). The SMILES string of the molecule is N#CCc1cnc(N)c(C(F)F)c1[N+](=O)[O-]. The Balaban J connectivity index is 3.51. The first-order valence-corrected chi connectivity index (χ1v) is 4.05. The van der Waals surface area contributed by atoms with Crippen LogP contribution in [-0.2, 0) is 6.42 Å². The summed E-state index contributed by atoms with van der Waals surface area (Å²) in [5, 5.41) is 19.1. The van der Waals surface area contributed by atoms with Gasteiger partial charge in [0.2, 0.25) is 0 Å². The molecule has 0 unspecified atom stereocenters. The second kappa shape index (κ2) is 4.48. The van der Waals surface area contributed by atoms with Gasteiger partial charge < -0.3 is 5.73 Å². The molecule has 1 heterocycles. The van der Waals surface area contributed by atoms with Crippen LogP contribution < -0.4 is 5.73 Å². The van der Waals surface area contributed by atoms with Crippen molar-refractivity contribution in [2.24, 2.45) is 0 Å². The van der Waals surface area contributed by atoms with Crippen LogP contribution in [0.3, 0.4) is 0 Å². The minimum Gasteiger partial charge on any atom is -0.383 e. The summed E-state index contributed by atoms with van der Waals surface area (Å²) in [6, 6.07) is 1.63. The van der Waals surface area contributed by atoms with E-state index in [0.717, 1.165) is 6.20 Å². The molecule has 0 atom stereocenters. The van der Waals surface area contributed by atoms with Crippen molar-refractivity contribution in [3.05, 3.63) is 27.4 Å². The predicted octanol–water partition coefficient (Wildman–Crippen LogP) is 1.58. The molecule has 0 radical (unpaired) electrons. The van der Waals surface area contributed by atoms with Gasteiger partial charge in [0.05, 0.1) is 23.0 Å². The summed E-state index contributed by atoms with van der Waals surface area (Å²) >= 11 is 0. The molecule has 0 saturated heterocycles. The van der Waals surface area contributed by atoms with Crippen molar-refractivity contribution >= 4 is 11.5 Å². The smallest absolute Gasteiger partial charge is 0.287 e. The molecule has 2 N–H and O–H groups in total. The highest BCUT2D eigenvalue weighted by Gasteiger charge is 2.29. The number of nitro groups is 1. The van der Waals surface area contributed by atoms with E-state index in [1.165, 1.54) is 0 Å². The fourth-order valence-corrected chi connectivity index (χ4v) is 1.22. The fraction of sp³-hybridized carbons (Fsp3) is 0.250. The molecule has 0 aliphatic heterocycles. The number of pyridine rings is 1. The van der Waals surface area contributed by atoms with Crippen LogP contribution in [0.25, 0.3) is 0 Å². The molecular weight excluding hydrogens is 222 g/mol. The quantitative estimate of drug-likeness (QED) is 0.624. The van der Waals surface area contributed by atoms with Crippen LogP contribution in [0.5, 0.6) is 0 Å². The molecule has 0 fully saturated rings. The first-order valence-electron chi connectivity index (χ1n) is 4.05. The first-order chi connectivity index (χ1) is 7.49. The Labute approximate surface area is 88.5 Å². The molecular formula is C8H6F2N4O2. The molecule has 84 valence electrons. The van der Waals surface area contributed by atoms with Crippen LogP contribution in [-0.4, -0.2) is 9.91 Å². The summed E-state index contributed by atoms with van der Waals surface area (Å²) in [4.78, 5) is 13.1. The number of hydrogen-bond acceptors (Lipinski definition) is 5. The molecule has 0 saturated carbocycles. The third-order valence-corrected chi connectivity index (χ3v) is 1.87. The number of alkyl halides is 2. The Morgan fingerprint density at radius 2 is 2.31 bits per heavy atom. The molecule has 1 aromatic rings. The lowest BCUT2D eigenvalue weighted by molar-refractivity contribution is -0.386. The van der Waals surface area contributed by atoms with Gasteiger partial charge in [-0.25, -0.2) is 13.8 Å². The zero-order chi connectivity index (χ0) is 12.3. The van der Waals surface area contributed by atoms with E-state index >= 15 is 0 Å². The minimum atomic E-state index is -3.11. The van der Waals surface area contributed by atoms with Crippen molar-refractivity contribution in [1.29, 1.82) is 5.26 Å². The number of anilines is 1. The maximum Gasteiger partial charge on any atom is 0.287 e. The number of rotatable bonds is 3. The molecule has 1 rings (SSSR count). The maximum atomic E-state index is 12.6. The van der Waals surface area contributed by atoms with Crippen molar-refractivity contribution in [3.63, 3.8) is 0 Å². The zero-order valence-corrected chi connectivity index (χ0v) is 7.85.